The average molecular weight is 265 g/mol. The minimum Gasteiger partial charge on any atom is -0.381 e. The summed E-state index contributed by atoms with van der Waals surface area (Å²) in [6.45, 7) is 9.07. The molecule has 3 rings (SSSR count). The molecule has 2 unspecified atom stereocenters. The Balaban J connectivity index is 1.58. The minimum absolute atomic E-state index is 0.586. The van der Waals surface area contributed by atoms with Crippen LogP contribution in [0.25, 0.3) is 0 Å². The van der Waals surface area contributed by atoms with Crippen molar-refractivity contribution in [2.75, 3.05) is 32.8 Å². The molecule has 6 nitrogen and oxygen atoms in total. The van der Waals surface area contributed by atoms with Crippen LogP contribution in [0.4, 0.5) is 0 Å². The highest BCUT2D eigenvalue weighted by molar-refractivity contribution is 4.91. The predicted octanol–water partition coefficient (Wildman–Crippen LogP) is 0.108. The molecule has 6 heteroatoms. The van der Waals surface area contributed by atoms with E-state index in [2.05, 4.69) is 31.9 Å². The summed E-state index contributed by atoms with van der Waals surface area (Å²) in [5, 5.41) is 11.8. The highest BCUT2D eigenvalue weighted by atomic mass is 16.5. The van der Waals surface area contributed by atoms with Gasteiger partial charge in [0, 0.05) is 38.2 Å². The Morgan fingerprint density at radius 3 is 3.32 bits per heavy atom. The quantitative estimate of drug-likeness (QED) is 0.837. The Hall–Kier alpha value is -0.980. The summed E-state index contributed by atoms with van der Waals surface area (Å²) in [4.78, 5) is 2.48. The van der Waals surface area contributed by atoms with Gasteiger partial charge in [-0.1, -0.05) is 6.92 Å². The van der Waals surface area contributed by atoms with Crippen LogP contribution in [0, 0.1) is 5.92 Å². The second kappa shape index (κ2) is 5.98. The smallest absolute Gasteiger partial charge is 0.147 e. The van der Waals surface area contributed by atoms with Crippen LogP contribution in [0.2, 0.25) is 0 Å². The molecule has 0 bridgehead atoms. The molecule has 2 aliphatic heterocycles. The van der Waals surface area contributed by atoms with Gasteiger partial charge in [0.25, 0.3) is 0 Å². The normalized spacial score (nSPS) is 28.3. The van der Waals surface area contributed by atoms with Crippen molar-refractivity contribution in [1.29, 1.82) is 0 Å². The average Bonchev–Trinajstić information content (AvgIpc) is 2.89. The summed E-state index contributed by atoms with van der Waals surface area (Å²) in [5.74, 6) is 1.67. The maximum atomic E-state index is 5.65. The Morgan fingerprint density at radius 2 is 2.42 bits per heavy atom. The Labute approximate surface area is 114 Å². The molecule has 0 spiro atoms. The Morgan fingerprint density at radius 1 is 1.47 bits per heavy atom. The van der Waals surface area contributed by atoms with Gasteiger partial charge in [-0.3, -0.25) is 4.90 Å². The van der Waals surface area contributed by atoms with Gasteiger partial charge >= 0.3 is 0 Å². The van der Waals surface area contributed by atoms with Gasteiger partial charge in [0.05, 0.1) is 13.2 Å². The fraction of sp³-hybridized carbons (Fsp3) is 0.846. The predicted molar refractivity (Wildman–Crippen MR) is 71.7 cm³/mol. The van der Waals surface area contributed by atoms with Crippen molar-refractivity contribution >= 4 is 0 Å². The number of hydrogen-bond donors (Lipinski definition) is 1. The molecule has 0 aromatic carbocycles. The third-order valence-electron chi connectivity index (χ3n) is 4.15. The maximum Gasteiger partial charge on any atom is 0.147 e. The summed E-state index contributed by atoms with van der Waals surface area (Å²) in [6, 6.07) is 0.596. The molecule has 1 saturated heterocycles. The van der Waals surface area contributed by atoms with E-state index in [1.54, 1.807) is 0 Å². The van der Waals surface area contributed by atoms with Crippen molar-refractivity contribution in [3.63, 3.8) is 0 Å². The van der Waals surface area contributed by atoms with Gasteiger partial charge in [-0.2, -0.15) is 0 Å². The van der Waals surface area contributed by atoms with Crippen molar-refractivity contribution in [3.05, 3.63) is 12.2 Å². The van der Waals surface area contributed by atoms with E-state index in [-0.39, 0.29) is 0 Å². The van der Waals surface area contributed by atoms with Crippen LogP contribution < -0.4 is 5.32 Å². The van der Waals surface area contributed by atoms with Crippen LogP contribution in [0.15, 0.2) is 6.33 Å². The number of aromatic nitrogens is 3. The molecule has 19 heavy (non-hydrogen) atoms. The minimum atomic E-state index is 0.586. The number of fused-ring (bicyclic) bond motifs is 1. The maximum absolute atomic E-state index is 5.65. The molecule has 2 aliphatic rings. The van der Waals surface area contributed by atoms with Gasteiger partial charge in [0.1, 0.15) is 12.2 Å². The van der Waals surface area contributed by atoms with Crippen molar-refractivity contribution in [1.82, 2.24) is 25.0 Å². The summed E-state index contributed by atoms with van der Waals surface area (Å²) >= 11 is 0. The van der Waals surface area contributed by atoms with Gasteiger partial charge < -0.3 is 14.6 Å². The van der Waals surface area contributed by atoms with E-state index in [9.17, 15) is 0 Å². The van der Waals surface area contributed by atoms with Gasteiger partial charge in [-0.25, -0.2) is 0 Å². The molecular weight excluding hydrogens is 242 g/mol. The second-order valence-corrected chi connectivity index (χ2v) is 5.46. The van der Waals surface area contributed by atoms with Gasteiger partial charge in [0.2, 0.25) is 0 Å². The molecule has 3 heterocycles. The first-order valence-corrected chi connectivity index (χ1v) is 7.27. The van der Waals surface area contributed by atoms with E-state index in [1.807, 2.05) is 6.33 Å². The van der Waals surface area contributed by atoms with E-state index in [1.165, 1.54) is 0 Å². The van der Waals surface area contributed by atoms with E-state index in [0.29, 0.717) is 12.0 Å². The van der Waals surface area contributed by atoms with E-state index in [4.69, 9.17) is 4.74 Å². The van der Waals surface area contributed by atoms with E-state index < -0.39 is 0 Å². The Kier molecular flexibility index (Phi) is 4.10. The molecule has 0 radical (unpaired) electrons. The highest BCUT2D eigenvalue weighted by Crippen LogP contribution is 2.18. The third kappa shape index (κ3) is 2.96. The molecule has 1 N–H and O–H groups in total. The molecule has 0 amide bonds. The van der Waals surface area contributed by atoms with Crippen LogP contribution >= 0.6 is 0 Å². The summed E-state index contributed by atoms with van der Waals surface area (Å²) in [7, 11) is 0. The number of hydrogen-bond acceptors (Lipinski definition) is 5. The number of nitrogens with one attached hydrogen (secondary N) is 1. The first-order valence-electron chi connectivity index (χ1n) is 7.27. The topological polar surface area (TPSA) is 55.2 Å². The highest BCUT2D eigenvalue weighted by Gasteiger charge is 2.28. The molecule has 0 saturated carbocycles. The van der Waals surface area contributed by atoms with Gasteiger partial charge in [-0.05, 0) is 13.0 Å². The summed E-state index contributed by atoms with van der Waals surface area (Å²) in [5.41, 5.74) is 0. The van der Waals surface area contributed by atoms with Crippen molar-refractivity contribution < 1.29 is 4.74 Å². The molecule has 2 atom stereocenters. The lowest BCUT2D eigenvalue weighted by molar-refractivity contribution is 0.0130. The summed E-state index contributed by atoms with van der Waals surface area (Å²) < 4.78 is 7.80. The fourth-order valence-electron chi connectivity index (χ4n) is 3.11. The zero-order valence-corrected chi connectivity index (χ0v) is 11.6. The molecule has 1 aromatic rings. The van der Waals surface area contributed by atoms with E-state index in [0.717, 1.165) is 58.2 Å². The van der Waals surface area contributed by atoms with Crippen molar-refractivity contribution in [2.24, 2.45) is 5.92 Å². The number of rotatable bonds is 4. The molecule has 106 valence electrons. The van der Waals surface area contributed by atoms with E-state index >= 15 is 0 Å². The van der Waals surface area contributed by atoms with Gasteiger partial charge in [-0.15, -0.1) is 10.2 Å². The van der Waals surface area contributed by atoms with Crippen LogP contribution in [0.5, 0.6) is 0 Å². The largest absolute Gasteiger partial charge is 0.381 e. The standard InChI is InChI=1S/C13H23N5O/c1-2-14-12-3-6-19-9-11(12)7-17-4-5-18-10-15-16-13(18)8-17/h10-12,14H,2-9H2,1H3. The molecule has 1 fully saturated rings. The summed E-state index contributed by atoms with van der Waals surface area (Å²) in [6.07, 6.45) is 2.96. The molecule has 0 aliphatic carbocycles. The number of nitrogens with zero attached hydrogens (tertiary/aromatic N) is 4. The van der Waals surface area contributed by atoms with Crippen molar-refractivity contribution in [3.8, 4) is 0 Å². The first kappa shape index (κ1) is 13.0. The van der Waals surface area contributed by atoms with Crippen LogP contribution in [-0.4, -0.2) is 58.6 Å². The SMILES string of the molecule is CCNC1CCOCC1CN1CCn2cnnc2C1. The first-order chi connectivity index (χ1) is 9.36. The van der Waals surface area contributed by atoms with Crippen LogP contribution in [0.3, 0.4) is 0 Å². The van der Waals surface area contributed by atoms with Gasteiger partial charge in [0.15, 0.2) is 0 Å². The second-order valence-electron chi connectivity index (χ2n) is 5.46. The van der Waals surface area contributed by atoms with Crippen molar-refractivity contribution in [2.45, 2.75) is 32.5 Å². The third-order valence-corrected chi connectivity index (χ3v) is 4.15. The van der Waals surface area contributed by atoms with Crippen LogP contribution in [-0.2, 0) is 17.8 Å². The number of ether oxygens (including phenoxy) is 1. The zero-order valence-electron chi connectivity index (χ0n) is 11.6. The lowest BCUT2D eigenvalue weighted by Crippen LogP contribution is -2.48. The zero-order chi connectivity index (χ0) is 13.1. The van der Waals surface area contributed by atoms with Crippen LogP contribution in [0.1, 0.15) is 19.2 Å². The lowest BCUT2D eigenvalue weighted by Gasteiger charge is -2.37. The fourth-order valence-corrected chi connectivity index (χ4v) is 3.11. The monoisotopic (exact) mass is 265 g/mol. The lowest BCUT2D eigenvalue weighted by atomic mass is 9.95. The Bertz CT molecular complexity index is 405. The molecular formula is C13H23N5O. The molecule has 1 aromatic heterocycles.